The number of primary sulfonamides is 1. The maximum atomic E-state index is 11.2. The van der Waals surface area contributed by atoms with Gasteiger partial charge in [0.15, 0.2) is 5.65 Å². The van der Waals surface area contributed by atoms with E-state index in [2.05, 4.69) is 15.2 Å². The lowest BCUT2D eigenvalue weighted by atomic mass is 9.98. The predicted octanol–water partition coefficient (Wildman–Crippen LogP) is 0.380. The molecule has 116 valence electrons. The highest BCUT2D eigenvalue weighted by molar-refractivity contribution is 7.89. The molecule has 0 aliphatic carbocycles. The van der Waals surface area contributed by atoms with Gasteiger partial charge < -0.3 is 4.74 Å². The van der Waals surface area contributed by atoms with Crippen LogP contribution >= 0.6 is 0 Å². The summed E-state index contributed by atoms with van der Waals surface area (Å²) in [5.41, 5.74) is 0.919. The van der Waals surface area contributed by atoms with E-state index in [1.165, 1.54) is 11.0 Å². The van der Waals surface area contributed by atoms with Gasteiger partial charge in [-0.2, -0.15) is 0 Å². The van der Waals surface area contributed by atoms with Gasteiger partial charge in [0.1, 0.15) is 6.33 Å². The summed E-state index contributed by atoms with van der Waals surface area (Å²) in [4.78, 5) is 4.06. The maximum absolute atomic E-state index is 11.2. The van der Waals surface area contributed by atoms with E-state index < -0.39 is 15.4 Å². The number of aromatic nitrogens is 4. The molecule has 8 nitrogen and oxygen atoms in total. The van der Waals surface area contributed by atoms with Crippen LogP contribution in [-0.2, 0) is 16.4 Å². The summed E-state index contributed by atoms with van der Waals surface area (Å²) in [6, 6.07) is 1.85. The highest BCUT2D eigenvalue weighted by Crippen LogP contribution is 2.22. The van der Waals surface area contributed by atoms with Crippen LogP contribution in [0.2, 0.25) is 0 Å². The summed E-state index contributed by atoms with van der Waals surface area (Å²) in [6.45, 7) is 5.71. The molecule has 0 radical (unpaired) electrons. The molecule has 0 saturated carbocycles. The minimum Gasteiger partial charge on any atom is -0.476 e. The molecule has 0 aliphatic heterocycles. The summed E-state index contributed by atoms with van der Waals surface area (Å²) < 4.78 is 29.5. The number of hydrogen-bond donors (Lipinski definition) is 1. The molecule has 0 unspecified atom stereocenters. The SMILES string of the molecule is CCc1cc2ncnn2nc1OCC(C)(C)CS(N)(=O)=O. The van der Waals surface area contributed by atoms with Crippen molar-refractivity contribution in [1.82, 2.24) is 19.8 Å². The van der Waals surface area contributed by atoms with Gasteiger partial charge in [-0.25, -0.2) is 18.5 Å². The van der Waals surface area contributed by atoms with E-state index in [1.54, 1.807) is 13.8 Å². The lowest BCUT2D eigenvalue weighted by Crippen LogP contribution is -2.34. The predicted molar refractivity (Wildman–Crippen MR) is 77.4 cm³/mol. The topological polar surface area (TPSA) is 112 Å². The quantitative estimate of drug-likeness (QED) is 0.825. The summed E-state index contributed by atoms with van der Waals surface area (Å²) in [7, 11) is -3.56. The average Bonchev–Trinajstić information content (AvgIpc) is 2.79. The fourth-order valence-corrected chi connectivity index (χ4v) is 3.18. The molecule has 0 atom stereocenters. The molecule has 0 aliphatic rings. The first-order valence-corrected chi connectivity index (χ1v) is 8.25. The van der Waals surface area contributed by atoms with Crippen LogP contribution in [0.15, 0.2) is 12.4 Å². The van der Waals surface area contributed by atoms with Gasteiger partial charge in [0.2, 0.25) is 15.9 Å². The fourth-order valence-electron chi connectivity index (χ4n) is 2.01. The molecule has 0 amide bonds. The number of ether oxygens (including phenoxy) is 1. The van der Waals surface area contributed by atoms with Gasteiger partial charge in [-0.05, 0) is 12.5 Å². The van der Waals surface area contributed by atoms with Crippen molar-refractivity contribution in [1.29, 1.82) is 0 Å². The molecule has 0 fully saturated rings. The van der Waals surface area contributed by atoms with Crippen LogP contribution in [0.1, 0.15) is 26.3 Å². The van der Waals surface area contributed by atoms with E-state index in [9.17, 15) is 8.42 Å². The van der Waals surface area contributed by atoms with Gasteiger partial charge in [0.05, 0.1) is 12.4 Å². The van der Waals surface area contributed by atoms with Gasteiger partial charge in [-0.3, -0.25) is 0 Å². The molecule has 0 bridgehead atoms. The largest absolute Gasteiger partial charge is 0.476 e. The number of nitrogens with zero attached hydrogens (tertiary/aromatic N) is 4. The Morgan fingerprint density at radius 1 is 1.43 bits per heavy atom. The smallest absolute Gasteiger partial charge is 0.236 e. The van der Waals surface area contributed by atoms with E-state index in [4.69, 9.17) is 9.88 Å². The van der Waals surface area contributed by atoms with Crippen molar-refractivity contribution < 1.29 is 13.2 Å². The molecule has 2 heterocycles. The van der Waals surface area contributed by atoms with Crippen molar-refractivity contribution in [2.24, 2.45) is 10.6 Å². The molecule has 0 saturated heterocycles. The zero-order valence-corrected chi connectivity index (χ0v) is 13.1. The zero-order valence-electron chi connectivity index (χ0n) is 12.3. The molecule has 2 N–H and O–H groups in total. The molecular weight excluding hydrogens is 294 g/mol. The fraction of sp³-hybridized carbons (Fsp3) is 0.583. The lowest BCUT2D eigenvalue weighted by Gasteiger charge is -2.23. The summed E-state index contributed by atoms with van der Waals surface area (Å²) >= 11 is 0. The first kappa shape index (κ1) is 15.6. The van der Waals surface area contributed by atoms with Crippen LogP contribution in [0.5, 0.6) is 5.88 Å². The number of hydrogen-bond acceptors (Lipinski definition) is 6. The molecule has 2 aromatic heterocycles. The lowest BCUT2D eigenvalue weighted by molar-refractivity contribution is 0.189. The number of rotatable bonds is 6. The first-order chi connectivity index (χ1) is 9.70. The van der Waals surface area contributed by atoms with Crippen LogP contribution in [0.25, 0.3) is 5.65 Å². The average molecular weight is 313 g/mol. The van der Waals surface area contributed by atoms with Gasteiger partial charge in [-0.15, -0.1) is 14.8 Å². The number of nitrogens with two attached hydrogens (primary N) is 1. The highest BCUT2D eigenvalue weighted by Gasteiger charge is 2.25. The molecule has 2 aromatic rings. The maximum Gasteiger partial charge on any atom is 0.236 e. The summed E-state index contributed by atoms with van der Waals surface area (Å²) in [5, 5.41) is 13.3. The van der Waals surface area contributed by atoms with Crippen LogP contribution in [-0.4, -0.2) is 40.6 Å². The Balaban J connectivity index is 2.19. The minimum atomic E-state index is -3.56. The summed E-state index contributed by atoms with van der Waals surface area (Å²) in [5.74, 6) is 0.269. The third-order valence-corrected chi connectivity index (χ3v) is 4.08. The van der Waals surface area contributed by atoms with E-state index in [1.807, 2.05) is 13.0 Å². The second-order valence-electron chi connectivity index (χ2n) is 5.70. The van der Waals surface area contributed by atoms with Crippen LogP contribution in [0, 0.1) is 5.41 Å². The van der Waals surface area contributed by atoms with Crippen molar-refractivity contribution in [3.8, 4) is 5.88 Å². The molecular formula is C12H19N5O3S. The van der Waals surface area contributed by atoms with Crippen LogP contribution < -0.4 is 9.88 Å². The standard InChI is InChI=1S/C12H19N5O3S/c1-4-9-5-10-14-8-15-17(10)16-11(9)20-6-12(2,3)7-21(13,18)19/h5,8H,4,6-7H2,1-3H3,(H2,13,18,19). The Hall–Kier alpha value is -1.74. The Labute approximate surface area is 123 Å². The van der Waals surface area contributed by atoms with Crippen LogP contribution in [0.4, 0.5) is 0 Å². The van der Waals surface area contributed by atoms with Crippen molar-refractivity contribution in [2.45, 2.75) is 27.2 Å². The summed E-state index contributed by atoms with van der Waals surface area (Å²) in [6.07, 6.45) is 2.14. The third-order valence-electron chi connectivity index (χ3n) is 2.89. The number of aryl methyl sites for hydroxylation is 1. The van der Waals surface area contributed by atoms with Crippen molar-refractivity contribution >= 4 is 15.7 Å². The molecule has 0 aromatic carbocycles. The van der Waals surface area contributed by atoms with Gasteiger partial charge in [0.25, 0.3) is 0 Å². The normalized spacial score (nSPS) is 12.8. The Bertz CT molecular complexity index is 738. The number of fused-ring (bicyclic) bond motifs is 1. The third kappa shape index (κ3) is 4.11. The van der Waals surface area contributed by atoms with E-state index in [-0.39, 0.29) is 12.4 Å². The second-order valence-corrected chi connectivity index (χ2v) is 7.31. The van der Waals surface area contributed by atoms with Gasteiger partial charge in [0, 0.05) is 11.0 Å². The van der Waals surface area contributed by atoms with Crippen molar-refractivity contribution in [3.63, 3.8) is 0 Å². The van der Waals surface area contributed by atoms with Crippen molar-refractivity contribution in [3.05, 3.63) is 18.0 Å². The molecule has 9 heteroatoms. The first-order valence-electron chi connectivity index (χ1n) is 6.53. The molecule has 0 spiro atoms. The Morgan fingerprint density at radius 2 is 2.14 bits per heavy atom. The molecule has 2 rings (SSSR count). The van der Waals surface area contributed by atoms with Gasteiger partial charge >= 0.3 is 0 Å². The Kier molecular flexibility index (Phi) is 4.15. The second kappa shape index (κ2) is 5.57. The van der Waals surface area contributed by atoms with Gasteiger partial charge in [-0.1, -0.05) is 20.8 Å². The van der Waals surface area contributed by atoms with E-state index in [0.717, 1.165) is 12.0 Å². The molecule has 21 heavy (non-hydrogen) atoms. The Morgan fingerprint density at radius 3 is 2.76 bits per heavy atom. The minimum absolute atomic E-state index is 0.160. The monoisotopic (exact) mass is 313 g/mol. The zero-order chi connectivity index (χ0) is 15.7. The van der Waals surface area contributed by atoms with Crippen LogP contribution in [0.3, 0.4) is 0 Å². The van der Waals surface area contributed by atoms with Crippen molar-refractivity contribution in [2.75, 3.05) is 12.4 Å². The number of sulfonamides is 1. The highest BCUT2D eigenvalue weighted by atomic mass is 32.2. The van der Waals surface area contributed by atoms with E-state index in [0.29, 0.717) is 11.5 Å². The van der Waals surface area contributed by atoms with E-state index >= 15 is 0 Å².